The van der Waals surface area contributed by atoms with E-state index in [0.717, 1.165) is 44.6 Å². The first kappa shape index (κ1) is 31.4. The molecule has 1 aliphatic carbocycles. The van der Waals surface area contributed by atoms with E-state index in [1.165, 1.54) is 49.7 Å². The van der Waals surface area contributed by atoms with Crippen molar-refractivity contribution < 1.29 is 4.42 Å². The number of hydrogen-bond donors (Lipinski definition) is 0. The van der Waals surface area contributed by atoms with E-state index < -0.39 is 5.41 Å². The summed E-state index contributed by atoms with van der Waals surface area (Å²) in [5.74, 6) is 0. The van der Waals surface area contributed by atoms with Crippen molar-refractivity contribution in [3.05, 3.63) is 235 Å². The maximum Gasteiger partial charge on any atom is 0.135 e. The largest absolute Gasteiger partial charge is 0.456 e. The summed E-state index contributed by atoms with van der Waals surface area (Å²) in [6, 6.07) is 77.2. The molecule has 0 fully saturated rings. The molecule has 1 heterocycles. The molecule has 10 aromatic rings. The summed E-state index contributed by atoms with van der Waals surface area (Å²) in [5.41, 5.74) is 14.6. The van der Waals surface area contributed by atoms with E-state index in [1.54, 1.807) is 0 Å². The molecule has 0 radical (unpaired) electrons. The van der Waals surface area contributed by atoms with Gasteiger partial charge in [0.05, 0.1) is 5.41 Å². The minimum absolute atomic E-state index is 0.545. The second-order valence-electron chi connectivity index (χ2n) is 14.5. The smallest absolute Gasteiger partial charge is 0.135 e. The zero-order valence-electron chi connectivity index (χ0n) is 30.1. The number of anilines is 3. The van der Waals surface area contributed by atoms with E-state index in [9.17, 15) is 0 Å². The molecular formula is C53H35NO. The van der Waals surface area contributed by atoms with Gasteiger partial charge in [0.15, 0.2) is 0 Å². The van der Waals surface area contributed by atoms with Crippen molar-refractivity contribution in [2.24, 2.45) is 0 Å². The first-order valence-corrected chi connectivity index (χ1v) is 18.9. The van der Waals surface area contributed by atoms with E-state index in [4.69, 9.17) is 4.42 Å². The first-order chi connectivity index (χ1) is 27.3. The Bertz CT molecular complexity index is 3050. The molecule has 55 heavy (non-hydrogen) atoms. The van der Waals surface area contributed by atoms with Gasteiger partial charge in [-0.15, -0.1) is 0 Å². The van der Waals surface area contributed by atoms with Gasteiger partial charge in [0, 0.05) is 27.8 Å². The summed E-state index contributed by atoms with van der Waals surface area (Å²) in [4.78, 5) is 2.35. The van der Waals surface area contributed by atoms with Gasteiger partial charge in [0.25, 0.3) is 0 Å². The van der Waals surface area contributed by atoms with Gasteiger partial charge in [-0.1, -0.05) is 152 Å². The molecule has 0 saturated heterocycles. The Labute approximate surface area is 320 Å². The SMILES string of the molecule is c1ccc(N(c2cccc(-c3ccccc3C3(c4ccccc4)c4ccccc4-c4cc5ccccc5cc43)c2)c2ccc3oc4ccccc4c3c2)cc1. The third kappa shape index (κ3) is 4.82. The molecule has 258 valence electrons. The second-order valence-corrected chi connectivity index (χ2v) is 14.5. The zero-order valence-corrected chi connectivity index (χ0v) is 30.1. The molecule has 9 aromatic carbocycles. The summed E-state index contributed by atoms with van der Waals surface area (Å²) in [6.45, 7) is 0. The van der Waals surface area contributed by atoms with Crippen molar-refractivity contribution in [1.29, 1.82) is 0 Å². The lowest BCUT2D eigenvalue weighted by Crippen LogP contribution is -2.29. The Balaban J connectivity index is 1.15. The molecule has 0 saturated carbocycles. The molecule has 1 aliphatic rings. The van der Waals surface area contributed by atoms with Gasteiger partial charge < -0.3 is 9.32 Å². The maximum atomic E-state index is 6.24. The number of hydrogen-bond acceptors (Lipinski definition) is 2. The van der Waals surface area contributed by atoms with Crippen molar-refractivity contribution in [3.8, 4) is 22.3 Å². The van der Waals surface area contributed by atoms with Crippen LogP contribution in [0.25, 0.3) is 55.0 Å². The fourth-order valence-electron chi connectivity index (χ4n) is 9.16. The van der Waals surface area contributed by atoms with E-state index in [-0.39, 0.29) is 0 Å². The summed E-state index contributed by atoms with van der Waals surface area (Å²) >= 11 is 0. The molecular weight excluding hydrogens is 667 g/mol. The molecule has 2 nitrogen and oxygen atoms in total. The Morgan fingerprint density at radius 2 is 0.945 bits per heavy atom. The van der Waals surface area contributed by atoms with Crippen molar-refractivity contribution in [3.63, 3.8) is 0 Å². The van der Waals surface area contributed by atoms with Crippen LogP contribution in [0.5, 0.6) is 0 Å². The highest BCUT2D eigenvalue weighted by Gasteiger charge is 2.47. The molecule has 0 aliphatic heterocycles. The van der Waals surface area contributed by atoms with E-state index in [2.05, 4.69) is 205 Å². The predicted molar refractivity (Wildman–Crippen MR) is 229 cm³/mol. The van der Waals surface area contributed by atoms with Crippen LogP contribution in [-0.4, -0.2) is 0 Å². The Morgan fingerprint density at radius 1 is 0.345 bits per heavy atom. The average molecular weight is 702 g/mol. The lowest BCUT2D eigenvalue weighted by molar-refractivity contribution is 0.669. The van der Waals surface area contributed by atoms with Crippen LogP contribution < -0.4 is 4.90 Å². The monoisotopic (exact) mass is 701 g/mol. The predicted octanol–water partition coefficient (Wildman–Crippen LogP) is 14.2. The van der Waals surface area contributed by atoms with Gasteiger partial charge in [0.1, 0.15) is 11.2 Å². The number of furan rings is 1. The molecule has 0 amide bonds. The molecule has 0 N–H and O–H groups in total. The highest BCUT2D eigenvalue weighted by atomic mass is 16.3. The van der Waals surface area contributed by atoms with E-state index in [0.29, 0.717) is 0 Å². The van der Waals surface area contributed by atoms with Crippen LogP contribution >= 0.6 is 0 Å². The van der Waals surface area contributed by atoms with Crippen molar-refractivity contribution in [2.45, 2.75) is 5.41 Å². The molecule has 1 atom stereocenters. The molecule has 2 heteroatoms. The third-order valence-corrected chi connectivity index (χ3v) is 11.5. The van der Waals surface area contributed by atoms with Gasteiger partial charge in [-0.3, -0.25) is 0 Å². The Kier molecular flexibility index (Phi) is 7.11. The standard InChI is InChI=1S/C53H35NO/c1-3-19-39(20-4-1)53(49-28-13-10-25-44(49)46-33-36-16-7-8-17-37(36)34-50(46)53)48-27-12-9-24-43(48)38-18-15-23-41(32-38)54(40-21-5-2-6-22-40)42-30-31-52-47(35-42)45-26-11-14-29-51(45)55-52/h1-35H. The van der Waals surface area contributed by atoms with Crippen LogP contribution in [0.15, 0.2) is 217 Å². The van der Waals surface area contributed by atoms with Crippen LogP contribution in [-0.2, 0) is 5.41 Å². The Hall–Kier alpha value is -7.16. The third-order valence-electron chi connectivity index (χ3n) is 11.5. The maximum absolute atomic E-state index is 6.24. The molecule has 1 aromatic heterocycles. The minimum atomic E-state index is -0.545. The number of nitrogens with zero attached hydrogens (tertiary/aromatic N) is 1. The van der Waals surface area contributed by atoms with Crippen molar-refractivity contribution in [1.82, 2.24) is 0 Å². The van der Waals surface area contributed by atoms with Crippen LogP contribution in [0, 0.1) is 0 Å². The van der Waals surface area contributed by atoms with Crippen LogP contribution in [0.4, 0.5) is 17.1 Å². The number of rotatable bonds is 6. The van der Waals surface area contributed by atoms with Gasteiger partial charge in [-0.2, -0.15) is 0 Å². The van der Waals surface area contributed by atoms with Crippen molar-refractivity contribution in [2.75, 3.05) is 4.90 Å². The molecule has 0 spiro atoms. The lowest BCUT2D eigenvalue weighted by Gasteiger charge is -2.36. The van der Waals surface area contributed by atoms with Gasteiger partial charge in [-0.05, 0) is 116 Å². The van der Waals surface area contributed by atoms with Crippen LogP contribution in [0.2, 0.25) is 0 Å². The van der Waals surface area contributed by atoms with Crippen LogP contribution in [0.3, 0.4) is 0 Å². The number of para-hydroxylation sites is 2. The normalized spacial score (nSPS) is 14.6. The summed E-state index contributed by atoms with van der Waals surface area (Å²) in [5, 5.41) is 4.72. The lowest BCUT2D eigenvalue weighted by atomic mass is 9.65. The highest BCUT2D eigenvalue weighted by Crippen LogP contribution is 2.58. The summed E-state index contributed by atoms with van der Waals surface area (Å²) in [7, 11) is 0. The average Bonchev–Trinajstić information content (AvgIpc) is 3.77. The molecule has 11 rings (SSSR count). The fourth-order valence-corrected chi connectivity index (χ4v) is 9.16. The van der Waals surface area contributed by atoms with Gasteiger partial charge in [-0.25, -0.2) is 0 Å². The quantitative estimate of drug-likeness (QED) is 0.172. The van der Waals surface area contributed by atoms with Gasteiger partial charge >= 0.3 is 0 Å². The number of benzene rings is 9. The summed E-state index contributed by atoms with van der Waals surface area (Å²) < 4.78 is 6.24. The van der Waals surface area contributed by atoms with E-state index >= 15 is 0 Å². The molecule has 1 unspecified atom stereocenters. The fraction of sp³-hybridized carbons (Fsp3) is 0.0189. The van der Waals surface area contributed by atoms with Gasteiger partial charge in [0.2, 0.25) is 0 Å². The van der Waals surface area contributed by atoms with Crippen LogP contribution in [0.1, 0.15) is 22.3 Å². The molecule has 0 bridgehead atoms. The zero-order chi connectivity index (χ0) is 36.3. The summed E-state index contributed by atoms with van der Waals surface area (Å²) in [6.07, 6.45) is 0. The second kappa shape index (κ2) is 12.5. The Morgan fingerprint density at radius 3 is 1.76 bits per heavy atom. The minimum Gasteiger partial charge on any atom is -0.456 e. The van der Waals surface area contributed by atoms with Crippen molar-refractivity contribution >= 4 is 49.8 Å². The van der Waals surface area contributed by atoms with E-state index in [1.807, 2.05) is 12.1 Å². The highest BCUT2D eigenvalue weighted by molar-refractivity contribution is 6.06. The topological polar surface area (TPSA) is 16.4 Å². The number of fused-ring (bicyclic) bond motifs is 7. The first-order valence-electron chi connectivity index (χ1n) is 18.9.